The maximum Gasteiger partial charge on any atom is 0.145 e. The fourth-order valence-corrected chi connectivity index (χ4v) is 8.62. The van der Waals surface area contributed by atoms with Gasteiger partial charge in [-0.25, -0.2) is 4.98 Å². The molecule has 1 aromatic heterocycles. The van der Waals surface area contributed by atoms with Crippen LogP contribution in [0.3, 0.4) is 0 Å². The zero-order valence-electron chi connectivity index (χ0n) is 29.0. The molecule has 0 bridgehead atoms. The van der Waals surface area contributed by atoms with E-state index in [2.05, 4.69) is 189 Å². The van der Waals surface area contributed by atoms with Gasteiger partial charge in [-0.3, -0.25) is 4.57 Å². The molecular weight excluding hydrogens is 617 g/mol. The van der Waals surface area contributed by atoms with Gasteiger partial charge in [-0.05, 0) is 109 Å². The van der Waals surface area contributed by atoms with E-state index in [1.54, 1.807) is 0 Å². The summed E-state index contributed by atoms with van der Waals surface area (Å²) in [4.78, 5) is 5.13. The van der Waals surface area contributed by atoms with Crippen molar-refractivity contribution in [3.8, 4) is 50.5 Å². The highest BCUT2D eigenvalue weighted by molar-refractivity contribution is 6.21. The minimum atomic E-state index is -0.0605. The summed E-state index contributed by atoms with van der Waals surface area (Å²) in [6.45, 7) is 6.85. The third-order valence-corrected chi connectivity index (χ3v) is 11.1. The summed E-state index contributed by atoms with van der Waals surface area (Å²) in [7, 11) is 0. The van der Waals surface area contributed by atoms with Gasteiger partial charge in [-0.1, -0.05) is 147 Å². The molecule has 242 valence electrons. The van der Waals surface area contributed by atoms with Crippen molar-refractivity contribution in [1.29, 1.82) is 0 Å². The zero-order valence-corrected chi connectivity index (χ0v) is 29.0. The summed E-state index contributed by atoms with van der Waals surface area (Å²) in [6, 6.07) is 60.0. The van der Waals surface area contributed by atoms with Crippen molar-refractivity contribution in [3.05, 3.63) is 180 Å². The molecule has 8 aromatic carbocycles. The van der Waals surface area contributed by atoms with E-state index < -0.39 is 0 Å². The molecule has 0 unspecified atom stereocenters. The Hall–Kier alpha value is -6.25. The molecule has 0 fully saturated rings. The van der Waals surface area contributed by atoms with Crippen LogP contribution >= 0.6 is 0 Å². The quantitative estimate of drug-likeness (QED) is 0.173. The molecule has 9 aromatic rings. The molecule has 1 aliphatic carbocycles. The van der Waals surface area contributed by atoms with Crippen molar-refractivity contribution in [3.63, 3.8) is 0 Å². The van der Waals surface area contributed by atoms with E-state index in [4.69, 9.17) is 4.98 Å². The van der Waals surface area contributed by atoms with Crippen LogP contribution in [0.15, 0.2) is 164 Å². The van der Waals surface area contributed by atoms with Crippen LogP contribution in [-0.4, -0.2) is 9.55 Å². The zero-order chi connectivity index (χ0) is 34.3. The van der Waals surface area contributed by atoms with Crippen molar-refractivity contribution >= 4 is 32.6 Å². The van der Waals surface area contributed by atoms with Gasteiger partial charge in [0.25, 0.3) is 0 Å². The Kier molecular flexibility index (Phi) is 6.47. The molecule has 0 spiro atoms. The maximum absolute atomic E-state index is 5.13. The van der Waals surface area contributed by atoms with Crippen molar-refractivity contribution in [1.82, 2.24) is 9.55 Å². The smallest absolute Gasteiger partial charge is 0.145 e. The molecule has 51 heavy (non-hydrogen) atoms. The third kappa shape index (κ3) is 4.46. The second-order valence-electron chi connectivity index (χ2n) is 14.4. The first-order valence-corrected chi connectivity index (χ1v) is 17.8. The molecule has 2 heteroatoms. The van der Waals surface area contributed by atoms with Crippen molar-refractivity contribution in [2.24, 2.45) is 0 Å². The SMILES string of the molecule is Cc1ccc2c(c1)nc(-c1ccccc1)n2-c1ccc(-c2c3ccccc3c(-c3ccc4c(c3)C(C)(C)c3ccccc3-4)c3ccccc23)cc1. The first-order valence-electron chi connectivity index (χ1n) is 17.8. The lowest BCUT2D eigenvalue weighted by atomic mass is 9.80. The first kappa shape index (κ1) is 29.6. The van der Waals surface area contributed by atoms with E-state index in [0.717, 1.165) is 28.1 Å². The number of aryl methyl sites for hydroxylation is 1. The number of hydrogen-bond acceptors (Lipinski definition) is 1. The van der Waals surface area contributed by atoms with Crippen LogP contribution < -0.4 is 0 Å². The van der Waals surface area contributed by atoms with Crippen LogP contribution in [0.2, 0.25) is 0 Å². The van der Waals surface area contributed by atoms with Crippen LogP contribution in [0.4, 0.5) is 0 Å². The van der Waals surface area contributed by atoms with Crippen molar-refractivity contribution in [2.75, 3.05) is 0 Å². The Morgan fingerprint density at radius 1 is 0.471 bits per heavy atom. The molecule has 10 rings (SSSR count). The van der Waals surface area contributed by atoms with E-state index in [1.165, 1.54) is 71.6 Å². The molecule has 0 atom stereocenters. The molecule has 1 aliphatic rings. The number of rotatable bonds is 4. The summed E-state index contributed by atoms with van der Waals surface area (Å²) in [5.41, 5.74) is 16.0. The van der Waals surface area contributed by atoms with E-state index in [1.807, 2.05) is 0 Å². The van der Waals surface area contributed by atoms with Gasteiger partial charge in [0, 0.05) is 16.7 Å². The second kappa shape index (κ2) is 11.1. The molecule has 0 aliphatic heterocycles. The molecule has 0 radical (unpaired) electrons. The number of nitrogens with zero attached hydrogens (tertiary/aromatic N) is 2. The third-order valence-electron chi connectivity index (χ3n) is 11.1. The van der Waals surface area contributed by atoms with Gasteiger partial charge >= 0.3 is 0 Å². The van der Waals surface area contributed by atoms with E-state index in [0.29, 0.717) is 0 Å². The molecular formula is C49H36N2. The molecule has 0 N–H and O–H groups in total. The monoisotopic (exact) mass is 652 g/mol. The number of imidazole rings is 1. The minimum Gasteiger partial charge on any atom is -0.292 e. The van der Waals surface area contributed by atoms with Crippen molar-refractivity contribution in [2.45, 2.75) is 26.2 Å². The lowest BCUT2D eigenvalue weighted by Gasteiger charge is -2.23. The van der Waals surface area contributed by atoms with Crippen LogP contribution in [0, 0.1) is 6.92 Å². The Morgan fingerprint density at radius 2 is 1.04 bits per heavy atom. The van der Waals surface area contributed by atoms with Crippen LogP contribution in [0.5, 0.6) is 0 Å². The Balaban J connectivity index is 1.16. The summed E-state index contributed by atoms with van der Waals surface area (Å²) in [5.74, 6) is 0.949. The average molecular weight is 653 g/mol. The maximum atomic E-state index is 5.13. The predicted molar refractivity (Wildman–Crippen MR) is 215 cm³/mol. The van der Waals surface area contributed by atoms with Gasteiger partial charge in [0.15, 0.2) is 0 Å². The highest BCUT2D eigenvalue weighted by Gasteiger charge is 2.35. The Labute approximate surface area is 298 Å². The standard InChI is InChI=1S/C49H36N2/c1-31-21-28-45-44(29-31)50-48(33-13-5-4-6-14-33)51(45)35-25-22-32(23-26-35)46-38-16-7-9-18-40(38)47(41-19-10-8-17-39(41)46)34-24-27-37-36-15-11-12-20-42(36)49(2,3)43(37)30-34/h4-30H,1-3H3. The van der Waals surface area contributed by atoms with Gasteiger partial charge in [-0.15, -0.1) is 0 Å². The van der Waals surface area contributed by atoms with E-state index >= 15 is 0 Å². The first-order chi connectivity index (χ1) is 25.0. The Bertz CT molecular complexity index is 2760. The number of aromatic nitrogens is 2. The molecule has 2 nitrogen and oxygen atoms in total. The van der Waals surface area contributed by atoms with Gasteiger partial charge < -0.3 is 0 Å². The summed E-state index contributed by atoms with van der Waals surface area (Å²) in [6.07, 6.45) is 0. The Morgan fingerprint density at radius 3 is 1.73 bits per heavy atom. The highest BCUT2D eigenvalue weighted by atomic mass is 15.1. The molecule has 0 amide bonds. The largest absolute Gasteiger partial charge is 0.292 e. The summed E-state index contributed by atoms with van der Waals surface area (Å²) >= 11 is 0. The summed E-state index contributed by atoms with van der Waals surface area (Å²) < 4.78 is 2.29. The topological polar surface area (TPSA) is 17.8 Å². The lowest BCUT2D eigenvalue weighted by molar-refractivity contribution is 0.660. The van der Waals surface area contributed by atoms with Gasteiger partial charge in [-0.2, -0.15) is 0 Å². The fourth-order valence-electron chi connectivity index (χ4n) is 8.62. The second-order valence-corrected chi connectivity index (χ2v) is 14.4. The van der Waals surface area contributed by atoms with Crippen molar-refractivity contribution < 1.29 is 0 Å². The molecule has 1 heterocycles. The van der Waals surface area contributed by atoms with Crippen LogP contribution in [0.1, 0.15) is 30.5 Å². The molecule has 0 saturated heterocycles. The van der Waals surface area contributed by atoms with Crippen LogP contribution in [0.25, 0.3) is 83.0 Å². The van der Waals surface area contributed by atoms with E-state index in [9.17, 15) is 0 Å². The summed E-state index contributed by atoms with van der Waals surface area (Å²) in [5, 5.41) is 5.06. The average Bonchev–Trinajstić information content (AvgIpc) is 3.66. The predicted octanol–water partition coefficient (Wildman–Crippen LogP) is 12.9. The number of benzene rings is 8. The normalized spacial score (nSPS) is 13.2. The lowest BCUT2D eigenvalue weighted by Crippen LogP contribution is -2.14. The number of fused-ring (bicyclic) bond motifs is 6. The van der Waals surface area contributed by atoms with Gasteiger partial charge in [0.1, 0.15) is 5.82 Å². The van der Waals surface area contributed by atoms with Crippen LogP contribution in [-0.2, 0) is 5.41 Å². The van der Waals surface area contributed by atoms with Gasteiger partial charge in [0.05, 0.1) is 11.0 Å². The highest BCUT2D eigenvalue weighted by Crippen LogP contribution is 2.51. The molecule has 0 saturated carbocycles. The van der Waals surface area contributed by atoms with E-state index in [-0.39, 0.29) is 5.41 Å². The van der Waals surface area contributed by atoms with Gasteiger partial charge in [0.2, 0.25) is 0 Å². The number of hydrogen-bond donors (Lipinski definition) is 0. The fraction of sp³-hybridized carbons (Fsp3) is 0.0816. The minimum absolute atomic E-state index is 0.0605.